The van der Waals surface area contributed by atoms with Gasteiger partial charge in [-0.05, 0) is 23.3 Å². The zero-order chi connectivity index (χ0) is 14.9. The van der Waals surface area contributed by atoms with Gasteiger partial charge in [0.25, 0.3) is 0 Å². The van der Waals surface area contributed by atoms with Crippen LogP contribution in [0.25, 0.3) is 0 Å². The van der Waals surface area contributed by atoms with Crippen LogP contribution in [-0.4, -0.2) is 20.0 Å². The van der Waals surface area contributed by atoms with Crippen LogP contribution in [0.1, 0.15) is 17.0 Å². The fourth-order valence-corrected chi connectivity index (χ4v) is 2.48. The second kappa shape index (κ2) is 5.16. The van der Waals surface area contributed by atoms with Gasteiger partial charge in [0.05, 0.1) is 0 Å². The summed E-state index contributed by atoms with van der Waals surface area (Å²) in [5, 5.41) is 18.1. The van der Waals surface area contributed by atoms with Crippen LogP contribution in [0.15, 0.2) is 60.7 Å². The normalized spacial score (nSPS) is 11.5. The number of nitrogens with two attached hydrogens (primary N) is 1. The van der Waals surface area contributed by atoms with Crippen molar-refractivity contribution in [3.05, 3.63) is 82.4 Å². The first-order valence-corrected chi connectivity index (χ1v) is 6.81. The molecule has 0 saturated heterocycles. The van der Waals surface area contributed by atoms with Crippen molar-refractivity contribution in [3.63, 3.8) is 0 Å². The number of hydrogen-bond acceptors (Lipinski definition) is 4. The van der Waals surface area contributed by atoms with Crippen molar-refractivity contribution in [3.8, 4) is 0 Å². The summed E-state index contributed by atoms with van der Waals surface area (Å²) < 4.78 is 1.44. The Kier molecular flexibility index (Phi) is 3.32. The van der Waals surface area contributed by atoms with Crippen molar-refractivity contribution < 1.29 is 5.11 Å². The van der Waals surface area contributed by atoms with Crippen LogP contribution < -0.4 is 5.84 Å². The SMILES string of the molecule is Nn1c(C(O)(c2ccccc2)c2ccccc2)n[nH]c1=S. The zero-order valence-electron chi connectivity index (χ0n) is 11.1. The molecule has 0 saturated carbocycles. The van der Waals surface area contributed by atoms with Crippen molar-refractivity contribution >= 4 is 12.2 Å². The Balaban J connectivity index is 2.31. The van der Waals surface area contributed by atoms with Gasteiger partial charge in [-0.2, -0.15) is 5.10 Å². The predicted octanol–water partition coefficient (Wildman–Crippen LogP) is 1.94. The van der Waals surface area contributed by atoms with Crippen LogP contribution in [0, 0.1) is 4.77 Å². The van der Waals surface area contributed by atoms with E-state index < -0.39 is 5.60 Å². The third-order valence-electron chi connectivity index (χ3n) is 3.41. The van der Waals surface area contributed by atoms with Gasteiger partial charge in [-0.15, -0.1) is 0 Å². The summed E-state index contributed by atoms with van der Waals surface area (Å²) in [6, 6.07) is 18.5. The predicted molar refractivity (Wildman–Crippen MR) is 82.5 cm³/mol. The van der Waals surface area contributed by atoms with Crippen LogP contribution in [0.4, 0.5) is 0 Å². The summed E-state index contributed by atoms with van der Waals surface area (Å²) in [4.78, 5) is 0. The highest BCUT2D eigenvalue weighted by Gasteiger charge is 2.38. The van der Waals surface area contributed by atoms with Crippen molar-refractivity contribution in [1.29, 1.82) is 0 Å². The number of H-pyrrole nitrogens is 1. The van der Waals surface area contributed by atoms with E-state index in [1.807, 2.05) is 60.7 Å². The van der Waals surface area contributed by atoms with E-state index in [9.17, 15) is 5.11 Å². The van der Waals surface area contributed by atoms with E-state index >= 15 is 0 Å². The lowest BCUT2D eigenvalue weighted by molar-refractivity contribution is 0.112. The number of benzene rings is 2. The quantitative estimate of drug-likeness (QED) is 0.510. The molecule has 0 aliphatic rings. The highest BCUT2D eigenvalue weighted by molar-refractivity contribution is 7.71. The molecule has 0 radical (unpaired) electrons. The third kappa shape index (κ3) is 2.14. The van der Waals surface area contributed by atoms with E-state index in [0.717, 1.165) is 0 Å². The van der Waals surface area contributed by atoms with E-state index in [4.69, 9.17) is 18.1 Å². The van der Waals surface area contributed by atoms with Gasteiger partial charge in [0.1, 0.15) is 0 Å². The van der Waals surface area contributed by atoms with Crippen LogP contribution in [0.5, 0.6) is 0 Å². The van der Waals surface area contributed by atoms with Gasteiger partial charge in [0.2, 0.25) is 4.77 Å². The van der Waals surface area contributed by atoms with E-state index in [0.29, 0.717) is 11.1 Å². The third-order valence-corrected chi connectivity index (χ3v) is 3.70. The van der Waals surface area contributed by atoms with E-state index in [1.165, 1.54) is 4.68 Å². The molecule has 0 unspecified atom stereocenters. The standard InChI is InChI=1S/C15H14N4OS/c16-19-13(17-18-14(19)21)15(20,11-7-3-1-4-8-11)12-9-5-2-6-10-12/h1-10,20H,16H2,(H,18,21). The molecule has 106 valence electrons. The number of nitrogens with one attached hydrogen (secondary N) is 1. The Labute approximate surface area is 126 Å². The Bertz CT molecular complexity index is 756. The minimum absolute atomic E-state index is 0.241. The molecule has 1 heterocycles. The molecule has 0 spiro atoms. The van der Waals surface area contributed by atoms with E-state index in [-0.39, 0.29) is 10.6 Å². The van der Waals surface area contributed by atoms with Crippen molar-refractivity contribution in [2.24, 2.45) is 0 Å². The van der Waals surface area contributed by atoms with Crippen LogP contribution in [0.3, 0.4) is 0 Å². The smallest absolute Gasteiger partial charge is 0.214 e. The summed E-state index contributed by atoms with van der Waals surface area (Å²) in [6.45, 7) is 0. The molecule has 0 atom stereocenters. The van der Waals surface area contributed by atoms with E-state index in [2.05, 4.69) is 10.2 Å². The van der Waals surface area contributed by atoms with Crippen LogP contribution >= 0.6 is 12.2 Å². The van der Waals surface area contributed by atoms with Crippen molar-refractivity contribution in [2.75, 3.05) is 5.84 Å². The Morgan fingerprint density at radius 2 is 1.48 bits per heavy atom. The topological polar surface area (TPSA) is 79.9 Å². The largest absolute Gasteiger partial charge is 0.373 e. The molecule has 5 nitrogen and oxygen atoms in total. The molecule has 0 amide bonds. The highest BCUT2D eigenvalue weighted by Crippen LogP contribution is 2.34. The number of nitrogen functional groups attached to an aromatic ring is 1. The van der Waals surface area contributed by atoms with Gasteiger partial charge >= 0.3 is 0 Å². The highest BCUT2D eigenvalue weighted by atomic mass is 32.1. The summed E-state index contributed by atoms with van der Waals surface area (Å²) in [7, 11) is 0. The summed E-state index contributed by atoms with van der Waals surface area (Å²) in [5.41, 5.74) is -0.154. The second-order valence-corrected chi connectivity index (χ2v) is 5.05. The Morgan fingerprint density at radius 3 is 1.86 bits per heavy atom. The lowest BCUT2D eigenvalue weighted by Crippen LogP contribution is -2.34. The molecule has 1 aromatic heterocycles. The average molecular weight is 298 g/mol. The first-order chi connectivity index (χ1) is 10.1. The van der Waals surface area contributed by atoms with Crippen LogP contribution in [-0.2, 0) is 5.60 Å². The second-order valence-electron chi connectivity index (χ2n) is 4.66. The Hall–Kier alpha value is -2.44. The maximum Gasteiger partial charge on any atom is 0.214 e. The molecule has 21 heavy (non-hydrogen) atoms. The van der Waals surface area contributed by atoms with Gasteiger partial charge in [-0.25, -0.2) is 4.68 Å². The van der Waals surface area contributed by atoms with Gasteiger partial charge in [0.15, 0.2) is 11.4 Å². The van der Waals surface area contributed by atoms with Crippen LogP contribution in [0.2, 0.25) is 0 Å². The number of rotatable bonds is 3. The summed E-state index contributed by atoms with van der Waals surface area (Å²) in [6.07, 6.45) is 0. The lowest BCUT2D eigenvalue weighted by atomic mass is 9.85. The van der Waals surface area contributed by atoms with Crippen molar-refractivity contribution in [2.45, 2.75) is 5.60 Å². The molecule has 2 aromatic carbocycles. The molecule has 6 heteroatoms. The minimum atomic E-state index is -1.48. The monoisotopic (exact) mass is 298 g/mol. The average Bonchev–Trinajstić information content (AvgIpc) is 2.88. The van der Waals surface area contributed by atoms with Gasteiger partial charge in [-0.3, -0.25) is 5.10 Å². The number of aliphatic hydroxyl groups is 1. The fourth-order valence-electron chi connectivity index (χ4n) is 2.34. The van der Waals surface area contributed by atoms with Crippen molar-refractivity contribution in [1.82, 2.24) is 14.9 Å². The molecule has 3 aromatic rings. The molecule has 0 bridgehead atoms. The molecule has 4 N–H and O–H groups in total. The maximum absolute atomic E-state index is 11.4. The summed E-state index contributed by atoms with van der Waals surface area (Å²) in [5.74, 6) is 6.16. The Morgan fingerprint density at radius 1 is 1.00 bits per heavy atom. The minimum Gasteiger partial charge on any atom is -0.373 e. The number of aromatic amines is 1. The fraction of sp³-hybridized carbons (Fsp3) is 0.0667. The molecular weight excluding hydrogens is 284 g/mol. The van der Waals surface area contributed by atoms with E-state index in [1.54, 1.807) is 0 Å². The van der Waals surface area contributed by atoms with Gasteiger partial charge in [-0.1, -0.05) is 60.7 Å². The number of hydrogen-bond donors (Lipinski definition) is 3. The summed E-state index contributed by atoms with van der Waals surface area (Å²) >= 11 is 5.05. The number of nitrogens with zero attached hydrogens (tertiary/aromatic N) is 2. The molecular formula is C15H14N4OS. The molecule has 3 rings (SSSR count). The number of aromatic nitrogens is 3. The van der Waals surface area contributed by atoms with Gasteiger partial charge < -0.3 is 10.9 Å². The maximum atomic E-state index is 11.4. The molecule has 0 aliphatic heterocycles. The van der Waals surface area contributed by atoms with Gasteiger partial charge in [0, 0.05) is 0 Å². The molecule has 0 fully saturated rings. The first kappa shape index (κ1) is 13.5. The lowest BCUT2D eigenvalue weighted by Gasteiger charge is -2.27. The molecule has 0 aliphatic carbocycles. The first-order valence-electron chi connectivity index (χ1n) is 6.40. The zero-order valence-corrected chi connectivity index (χ0v) is 11.9.